The number of carbonyl (C=O) groups is 1. The summed E-state index contributed by atoms with van der Waals surface area (Å²) in [6, 6.07) is 13.9. The van der Waals surface area contributed by atoms with Gasteiger partial charge in [0.25, 0.3) is 5.91 Å². The highest BCUT2D eigenvalue weighted by atomic mass is 16.5. The molecule has 5 rings (SSSR count). The second-order valence-corrected chi connectivity index (χ2v) is 9.55. The van der Waals surface area contributed by atoms with Crippen LogP contribution >= 0.6 is 0 Å². The molecular formula is C27H33N7O2. The van der Waals surface area contributed by atoms with Crippen molar-refractivity contribution >= 4 is 40.4 Å². The molecule has 36 heavy (non-hydrogen) atoms. The van der Waals surface area contributed by atoms with E-state index in [4.69, 9.17) is 9.72 Å². The molecule has 9 heteroatoms. The van der Waals surface area contributed by atoms with Gasteiger partial charge in [0, 0.05) is 51.0 Å². The lowest BCUT2D eigenvalue weighted by Gasteiger charge is -2.34. The second kappa shape index (κ2) is 9.66. The Labute approximate surface area is 212 Å². The second-order valence-electron chi connectivity index (χ2n) is 9.55. The third-order valence-corrected chi connectivity index (χ3v) is 6.85. The fraction of sp³-hybridized carbons (Fsp3) is 0.370. The maximum Gasteiger partial charge on any atom is 0.260 e. The van der Waals surface area contributed by atoms with Crippen LogP contribution in [0, 0.1) is 0 Å². The van der Waals surface area contributed by atoms with Gasteiger partial charge in [0.1, 0.15) is 11.4 Å². The zero-order valence-electron chi connectivity index (χ0n) is 21.5. The highest BCUT2D eigenvalue weighted by Gasteiger charge is 2.32. The van der Waals surface area contributed by atoms with Crippen molar-refractivity contribution in [2.75, 3.05) is 67.4 Å². The third-order valence-electron chi connectivity index (χ3n) is 6.85. The molecule has 3 heterocycles. The van der Waals surface area contributed by atoms with Crippen LogP contribution in [0.1, 0.15) is 24.2 Å². The van der Waals surface area contributed by atoms with Gasteiger partial charge in [-0.05, 0) is 45.2 Å². The van der Waals surface area contributed by atoms with E-state index < -0.39 is 0 Å². The van der Waals surface area contributed by atoms with Gasteiger partial charge in [-0.3, -0.25) is 4.79 Å². The van der Waals surface area contributed by atoms with Crippen LogP contribution in [0.2, 0.25) is 0 Å². The molecule has 2 aliphatic rings. The first-order valence-electron chi connectivity index (χ1n) is 12.3. The van der Waals surface area contributed by atoms with E-state index >= 15 is 0 Å². The van der Waals surface area contributed by atoms with Gasteiger partial charge in [0.05, 0.1) is 30.2 Å². The summed E-state index contributed by atoms with van der Waals surface area (Å²) >= 11 is 0. The van der Waals surface area contributed by atoms with Crippen LogP contribution in [0.3, 0.4) is 0 Å². The van der Waals surface area contributed by atoms with E-state index in [9.17, 15) is 4.79 Å². The predicted molar refractivity (Wildman–Crippen MR) is 144 cm³/mol. The first kappa shape index (κ1) is 23.9. The lowest BCUT2D eigenvalue weighted by atomic mass is 10.1. The summed E-state index contributed by atoms with van der Waals surface area (Å²) in [5.41, 5.74) is 4.05. The van der Waals surface area contributed by atoms with Crippen LogP contribution in [-0.2, 0) is 0 Å². The van der Waals surface area contributed by atoms with Gasteiger partial charge in [-0.25, -0.2) is 4.98 Å². The SMILES string of the molecule is COc1cc(N2CCN(C)CC2)ccc1Nc1ncc2c(n1)N(C(C)C)c1ccccc1C(=O)N2C. The number of aromatic nitrogens is 2. The number of rotatable bonds is 5. The summed E-state index contributed by atoms with van der Waals surface area (Å²) in [6.07, 6.45) is 1.70. The number of likely N-dealkylation sites (N-methyl/N-ethyl adjacent to an activating group) is 1. The van der Waals surface area contributed by atoms with Gasteiger partial charge in [0.2, 0.25) is 5.95 Å². The number of anilines is 6. The molecule has 1 fully saturated rings. The molecule has 1 aromatic heterocycles. The number of methoxy groups -OCH3 is 1. The molecule has 0 unspecified atom stereocenters. The Morgan fingerprint density at radius 3 is 2.47 bits per heavy atom. The lowest BCUT2D eigenvalue weighted by Crippen LogP contribution is -2.44. The zero-order valence-corrected chi connectivity index (χ0v) is 21.5. The van der Waals surface area contributed by atoms with E-state index in [1.165, 1.54) is 0 Å². The van der Waals surface area contributed by atoms with E-state index in [1.807, 2.05) is 30.3 Å². The van der Waals surface area contributed by atoms with Crippen molar-refractivity contribution < 1.29 is 9.53 Å². The third kappa shape index (κ3) is 4.30. The van der Waals surface area contributed by atoms with E-state index in [1.54, 1.807) is 25.3 Å². The van der Waals surface area contributed by atoms with E-state index in [2.05, 4.69) is 58.0 Å². The number of nitrogens with one attached hydrogen (secondary N) is 1. The minimum Gasteiger partial charge on any atom is -0.494 e. The number of benzene rings is 2. The van der Waals surface area contributed by atoms with Gasteiger partial charge < -0.3 is 29.7 Å². The summed E-state index contributed by atoms with van der Waals surface area (Å²) in [5, 5.41) is 3.34. The molecule has 0 aliphatic carbocycles. The number of hydrogen-bond acceptors (Lipinski definition) is 8. The molecule has 3 aromatic rings. The van der Waals surface area contributed by atoms with Crippen LogP contribution in [0.4, 0.5) is 34.5 Å². The highest BCUT2D eigenvalue weighted by molar-refractivity contribution is 6.13. The molecule has 0 radical (unpaired) electrons. The molecule has 0 atom stereocenters. The monoisotopic (exact) mass is 487 g/mol. The van der Waals surface area contributed by atoms with E-state index in [0.717, 1.165) is 49.0 Å². The first-order chi connectivity index (χ1) is 17.4. The molecule has 1 N–H and O–H groups in total. The molecule has 0 spiro atoms. The number of nitrogens with zero attached hydrogens (tertiary/aromatic N) is 6. The number of fused-ring (bicyclic) bond motifs is 2. The average Bonchev–Trinajstić information content (AvgIpc) is 2.97. The molecule has 0 saturated carbocycles. The number of carbonyl (C=O) groups excluding carboxylic acids is 1. The van der Waals surface area contributed by atoms with Crippen LogP contribution in [0.5, 0.6) is 5.75 Å². The first-order valence-corrected chi connectivity index (χ1v) is 12.3. The molecule has 1 amide bonds. The Balaban J connectivity index is 1.49. The Hall–Kier alpha value is -3.85. The number of hydrogen-bond donors (Lipinski definition) is 1. The van der Waals surface area contributed by atoms with Crippen molar-refractivity contribution in [1.82, 2.24) is 14.9 Å². The molecule has 2 aliphatic heterocycles. The van der Waals surface area contributed by atoms with Crippen molar-refractivity contribution in [3.8, 4) is 5.75 Å². The van der Waals surface area contributed by atoms with Gasteiger partial charge in [0.15, 0.2) is 5.82 Å². The van der Waals surface area contributed by atoms with Gasteiger partial charge in [-0.1, -0.05) is 12.1 Å². The zero-order chi connectivity index (χ0) is 25.4. The molecule has 188 valence electrons. The largest absolute Gasteiger partial charge is 0.494 e. The van der Waals surface area contributed by atoms with Crippen LogP contribution in [-0.4, -0.2) is 74.2 Å². The fourth-order valence-electron chi connectivity index (χ4n) is 4.80. The maximum absolute atomic E-state index is 13.2. The maximum atomic E-state index is 13.2. The van der Waals surface area contributed by atoms with Crippen molar-refractivity contribution in [2.45, 2.75) is 19.9 Å². The van der Waals surface area contributed by atoms with Crippen molar-refractivity contribution in [3.05, 3.63) is 54.2 Å². The highest BCUT2D eigenvalue weighted by Crippen LogP contribution is 2.41. The van der Waals surface area contributed by atoms with Crippen molar-refractivity contribution in [1.29, 1.82) is 0 Å². The minimum absolute atomic E-state index is 0.0735. The molecule has 9 nitrogen and oxygen atoms in total. The van der Waals surface area contributed by atoms with Gasteiger partial charge in [-0.2, -0.15) is 4.98 Å². The lowest BCUT2D eigenvalue weighted by molar-refractivity contribution is 0.0994. The quantitative estimate of drug-likeness (QED) is 0.576. The Bertz CT molecular complexity index is 1270. The summed E-state index contributed by atoms with van der Waals surface area (Å²) in [6.45, 7) is 8.23. The van der Waals surface area contributed by atoms with Gasteiger partial charge in [-0.15, -0.1) is 0 Å². The van der Waals surface area contributed by atoms with E-state index in [-0.39, 0.29) is 11.9 Å². The fourth-order valence-corrected chi connectivity index (χ4v) is 4.80. The Kier molecular flexibility index (Phi) is 6.40. The molecular weight excluding hydrogens is 454 g/mol. The predicted octanol–water partition coefficient (Wildman–Crippen LogP) is 4.12. The smallest absolute Gasteiger partial charge is 0.260 e. The minimum atomic E-state index is -0.0829. The molecule has 0 bridgehead atoms. The topological polar surface area (TPSA) is 77.1 Å². The number of amides is 1. The summed E-state index contributed by atoms with van der Waals surface area (Å²) in [5.74, 6) is 1.76. The summed E-state index contributed by atoms with van der Waals surface area (Å²) < 4.78 is 5.72. The molecule has 1 saturated heterocycles. The number of para-hydroxylation sites is 1. The van der Waals surface area contributed by atoms with Gasteiger partial charge >= 0.3 is 0 Å². The summed E-state index contributed by atoms with van der Waals surface area (Å²) in [7, 11) is 5.58. The van der Waals surface area contributed by atoms with Crippen LogP contribution in [0.25, 0.3) is 0 Å². The Morgan fingerprint density at radius 2 is 1.75 bits per heavy atom. The van der Waals surface area contributed by atoms with E-state index in [0.29, 0.717) is 23.0 Å². The van der Waals surface area contributed by atoms with Crippen LogP contribution < -0.4 is 24.8 Å². The average molecular weight is 488 g/mol. The van der Waals surface area contributed by atoms with Crippen molar-refractivity contribution in [3.63, 3.8) is 0 Å². The Morgan fingerprint density at radius 1 is 1.00 bits per heavy atom. The number of piperazine rings is 1. The molecule has 2 aromatic carbocycles. The normalized spacial score (nSPS) is 16.1. The summed E-state index contributed by atoms with van der Waals surface area (Å²) in [4.78, 5) is 31.1. The number of ether oxygens (including phenoxy) is 1. The van der Waals surface area contributed by atoms with Crippen LogP contribution in [0.15, 0.2) is 48.7 Å². The van der Waals surface area contributed by atoms with Crippen molar-refractivity contribution in [2.24, 2.45) is 0 Å². The standard InChI is InChI=1S/C27H33N7O2/c1-18(2)34-22-9-7-6-8-20(22)26(35)32(4)23-17-28-27(30-25(23)34)29-21-11-10-19(16-24(21)36-5)33-14-12-31(3)13-15-33/h6-11,16-18H,12-15H2,1-5H3,(H,28,29,30).